The van der Waals surface area contributed by atoms with Gasteiger partial charge in [0.05, 0.1) is 36.3 Å². The Labute approximate surface area is 145 Å². The quantitative estimate of drug-likeness (QED) is 0.459. The van der Waals surface area contributed by atoms with Gasteiger partial charge in [0, 0.05) is 19.2 Å². The SMILES string of the molecule is COC(=O)C(C)(C)C1CCCN(c2cc(OC)c([N+](=O)[O-])cc2F)C1. The molecule has 7 nitrogen and oxygen atoms in total. The zero-order valence-electron chi connectivity index (χ0n) is 14.9. The van der Waals surface area contributed by atoms with Crippen molar-refractivity contribution in [1.82, 2.24) is 0 Å². The Morgan fingerprint density at radius 3 is 2.64 bits per heavy atom. The standard InChI is InChI=1S/C17H23FN2O5/c1-17(2,16(21)25-4)11-6-5-7-19(10-11)13-9-15(24-3)14(20(22)23)8-12(13)18/h8-9,11H,5-7,10H2,1-4H3. The van der Waals surface area contributed by atoms with Crippen molar-refractivity contribution in [2.24, 2.45) is 11.3 Å². The van der Waals surface area contributed by atoms with Crippen molar-refractivity contribution in [2.45, 2.75) is 26.7 Å². The fourth-order valence-electron chi connectivity index (χ4n) is 3.30. The monoisotopic (exact) mass is 354 g/mol. The van der Waals surface area contributed by atoms with Crippen molar-refractivity contribution in [3.8, 4) is 5.75 Å². The van der Waals surface area contributed by atoms with Gasteiger partial charge in [0.25, 0.3) is 0 Å². The molecule has 0 aliphatic carbocycles. The number of hydrogen-bond donors (Lipinski definition) is 0. The lowest BCUT2D eigenvalue weighted by Gasteiger charge is -2.40. The number of esters is 1. The largest absolute Gasteiger partial charge is 0.490 e. The molecule has 8 heteroatoms. The summed E-state index contributed by atoms with van der Waals surface area (Å²) in [6, 6.07) is 2.23. The first kappa shape index (κ1) is 19.0. The van der Waals surface area contributed by atoms with Crippen LogP contribution in [0.25, 0.3) is 0 Å². The van der Waals surface area contributed by atoms with E-state index >= 15 is 0 Å². The van der Waals surface area contributed by atoms with Gasteiger partial charge in [-0.1, -0.05) is 0 Å². The molecule has 0 spiro atoms. The van der Waals surface area contributed by atoms with Crippen LogP contribution in [-0.2, 0) is 9.53 Å². The number of hydrogen-bond acceptors (Lipinski definition) is 6. The van der Waals surface area contributed by atoms with Crippen molar-refractivity contribution in [2.75, 3.05) is 32.2 Å². The summed E-state index contributed by atoms with van der Waals surface area (Å²) in [5, 5.41) is 11.0. The summed E-state index contributed by atoms with van der Waals surface area (Å²) in [4.78, 5) is 24.2. The van der Waals surface area contributed by atoms with Gasteiger partial charge in [-0.25, -0.2) is 4.39 Å². The van der Waals surface area contributed by atoms with Crippen molar-refractivity contribution < 1.29 is 23.6 Å². The van der Waals surface area contributed by atoms with Crippen LogP contribution in [-0.4, -0.2) is 38.2 Å². The maximum Gasteiger partial charge on any atom is 0.313 e. The molecule has 1 aliphatic rings. The van der Waals surface area contributed by atoms with E-state index in [2.05, 4.69) is 0 Å². The normalized spacial score (nSPS) is 18.0. The number of benzene rings is 1. The van der Waals surface area contributed by atoms with E-state index in [4.69, 9.17) is 9.47 Å². The van der Waals surface area contributed by atoms with Crippen LogP contribution in [0.3, 0.4) is 0 Å². The van der Waals surface area contributed by atoms with Gasteiger partial charge in [-0.3, -0.25) is 14.9 Å². The second-order valence-electron chi connectivity index (χ2n) is 6.73. The van der Waals surface area contributed by atoms with E-state index in [9.17, 15) is 19.3 Å². The van der Waals surface area contributed by atoms with Gasteiger partial charge in [0.15, 0.2) is 11.6 Å². The van der Waals surface area contributed by atoms with E-state index in [1.807, 2.05) is 13.8 Å². The molecule has 0 saturated carbocycles. The average molecular weight is 354 g/mol. The first-order valence-corrected chi connectivity index (χ1v) is 8.07. The van der Waals surface area contributed by atoms with Crippen molar-refractivity contribution in [3.05, 3.63) is 28.1 Å². The number of methoxy groups -OCH3 is 2. The molecule has 138 valence electrons. The van der Waals surface area contributed by atoms with Crippen LogP contribution >= 0.6 is 0 Å². The van der Waals surface area contributed by atoms with E-state index in [1.54, 1.807) is 4.90 Å². The van der Waals surface area contributed by atoms with Gasteiger partial charge < -0.3 is 14.4 Å². The Kier molecular flexibility index (Phi) is 5.49. The Balaban J connectivity index is 2.33. The van der Waals surface area contributed by atoms with Gasteiger partial charge in [-0.15, -0.1) is 0 Å². The summed E-state index contributed by atoms with van der Waals surface area (Å²) in [6.07, 6.45) is 1.61. The molecule has 2 rings (SSSR count). The second kappa shape index (κ2) is 7.25. The third-order valence-electron chi connectivity index (χ3n) is 4.94. The van der Waals surface area contributed by atoms with Crippen molar-refractivity contribution in [1.29, 1.82) is 0 Å². The van der Waals surface area contributed by atoms with Crippen molar-refractivity contribution in [3.63, 3.8) is 0 Å². The number of ether oxygens (including phenoxy) is 2. The van der Waals surface area contributed by atoms with Crippen LogP contribution in [0.1, 0.15) is 26.7 Å². The number of carbonyl (C=O) groups excluding carboxylic acids is 1. The third-order valence-corrected chi connectivity index (χ3v) is 4.94. The molecule has 25 heavy (non-hydrogen) atoms. The summed E-state index contributed by atoms with van der Waals surface area (Å²) in [5.74, 6) is -0.991. The molecule has 1 fully saturated rings. The number of anilines is 1. The molecular formula is C17H23FN2O5. The second-order valence-corrected chi connectivity index (χ2v) is 6.73. The molecule has 1 heterocycles. The first-order chi connectivity index (χ1) is 11.7. The maximum absolute atomic E-state index is 14.5. The fourth-order valence-corrected chi connectivity index (χ4v) is 3.30. The molecule has 1 aliphatic heterocycles. The molecule has 1 atom stereocenters. The molecule has 1 unspecified atom stereocenters. The molecule has 0 radical (unpaired) electrons. The van der Waals surface area contributed by atoms with Crippen LogP contribution < -0.4 is 9.64 Å². The van der Waals surface area contributed by atoms with Gasteiger partial charge in [0.2, 0.25) is 0 Å². The zero-order valence-corrected chi connectivity index (χ0v) is 14.9. The van der Waals surface area contributed by atoms with Gasteiger partial charge >= 0.3 is 11.7 Å². The number of carbonyl (C=O) groups is 1. The molecule has 0 amide bonds. The van der Waals surface area contributed by atoms with Gasteiger partial charge in [-0.2, -0.15) is 0 Å². The summed E-state index contributed by atoms with van der Waals surface area (Å²) in [7, 11) is 2.66. The minimum absolute atomic E-state index is 0.00996. The Hall–Kier alpha value is -2.38. The predicted molar refractivity (Wildman–Crippen MR) is 90.3 cm³/mol. The summed E-state index contributed by atoms with van der Waals surface area (Å²) in [6.45, 7) is 4.70. The van der Waals surface area contributed by atoms with Crippen LogP contribution in [0.5, 0.6) is 5.75 Å². The number of rotatable bonds is 5. The lowest BCUT2D eigenvalue weighted by Crippen LogP contribution is -2.45. The third kappa shape index (κ3) is 3.67. The highest BCUT2D eigenvalue weighted by molar-refractivity contribution is 5.76. The van der Waals surface area contributed by atoms with E-state index in [-0.39, 0.29) is 23.3 Å². The molecule has 1 aromatic carbocycles. The van der Waals surface area contributed by atoms with Crippen LogP contribution in [0, 0.1) is 27.3 Å². The Morgan fingerprint density at radius 2 is 2.08 bits per heavy atom. The Bertz CT molecular complexity index is 677. The molecule has 0 bridgehead atoms. The van der Waals surface area contributed by atoms with Crippen LogP contribution in [0.15, 0.2) is 12.1 Å². The topological polar surface area (TPSA) is 81.9 Å². The smallest absolute Gasteiger partial charge is 0.313 e. The highest BCUT2D eigenvalue weighted by atomic mass is 19.1. The van der Waals surface area contributed by atoms with Crippen LogP contribution in [0.2, 0.25) is 0 Å². The molecular weight excluding hydrogens is 331 g/mol. The maximum atomic E-state index is 14.5. The number of nitrogens with zero attached hydrogens (tertiary/aromatic N) is 2. The van der Waals surface area contributed by atoms with E-state index < -0.39 is 21.8 Å². The summed E-state index contributed by atoms with van der Waals surface area (Å²) < 4.78 is 24.4. The predicted octanol–water partition coefficient (Wildman–Crippen LogP) is 3.16. The first-order valence-electron chi connectivity index (χ1n) is 8.07. The molecule has 0 N–H and O–H groups in total. The molecule has 1 aromatic rings. The van der Waals surface area contributed by atoms with E-state index in [0.29, 0.717) is 13.1 Å². The minimum atomic E-state index is -0.700. The fraction of sp³-hybridized carbons (Fsp3) is 0.588. The average Bonchev–Trinajstić information content (AvgIpc) is 2.60. The highest BCUT2D eigenvalue weighted by Crippen LogP contribution is 2.39. The Morgan fingerprint density at radius 1 is 1.40 bits per heavy atom. The molecule has 0 aromatic heterocycles. The number of halogens is 1. The number of nitro groups is 1. The van der Waals surface area contributed by atoms with Gasteiger partial charge in [-0.05, 0) is 32.6 Å². The highest BCUT2D eigenvalue weighted by Gasteiger charge is 2.40. The van der Waals surface area contributed by atoms with E-state index in [0.717, 1.165) is 18.9 Å². The molecule has 1 saturated heterocycles. The van der Waals surface area contributed by atoms with Crippen LogP contribution in [0.4, 0.5) is 15.8 Å². The zero-order chi connectivity index (χ0) is 18.8. The lowest BCUT2D eigenvalue weighted by molar-refractivity contribution is -0.385. The lowest BCUT2D eigenvalue weighted by atomic mass is 9.74. The number of nitro benzene ring substituents is 1. The van der Waals surface area contributed by atoms with E-state index in [1.165, 1.54) is 20.3 Å². The van der Waals surface area contributed by atoms with Gasteiger partial charge in [0.1, 0.15) is 0 Å². The summed E-state index contributed by atoms with van der Waals surface area (Å²) in [5.41, 5.74) is -0.866. The van der Waals surface area contributed by atoms with Crippen molar-refractivity contribution >= 4 is 17.3 Å². The number of piperidine rings is 1. The minimum Gasteiger partial charge on any atom is -0.490 e. The summed E-state index contributed by atoms with van der Waals surface area (Å²) >= 11 is 0.